The normalized spacial score (nSPS) is 20.7. The molecule has 2 fully saturated rings. The van der Waals surface area contributed by atoms with Crippen LogP contribution in [-0.4, -0.2) is 18.8 Å². The smallest absolute Gasteiger partial charge is 0.251 e. The second kappa shape index (κ2) is 6.45. The van der Waals surface area contributed by atoms with Crippen LogP contribution < -0.4 is 4.74 Å². The topological polar surface area (TPSA) is 26.3 Å². The van der Waals surface area contributed by atoms with Crippen LogP contribution in [0.15, 0.2) is 36.4 Å². The first kappa shape index (κ1) is 17.1. The van der Waals surface area contributed by atoms with Crippen molar-refractivity contribution < 1.29 is 22.7 Å². The number of alkyl halides is 2. The Morgan fingerprint density at radius 3 is 2.42 bits per heavy atom. The van der Waals surface area contributed by atoms with Crippen molar-refractivity contribution in [3.05, 3.63) is 53.3 Å². The van der Waals surface area contributed by atoms with Gasteiger partial charge in [-0.15, -0.1) is 0 Å². The number of carbonyl (C=O) groups is 1. The summed E-state index contributed by atoms with van der Waals surface area (Å²) >= 11 is 0. The second-order valence-electron chi connectivity index (χ2n) is 7.18. The molecule has 0 heterocycles. The van der Waals surface area contributed by atoms with Crippen LogP contribution >= 0.6 is 0 Å². The average Bonchev–Trinajstić information content (AvgIpc) is 3.53. The number of aldehydes is 1. The Bertz CT molecular complexity index is 826. The van der Waals surface area contributed by atoms with Gasteiger partial charge in [0.15, 0.2) is 0 Å². The highest BCUT2D eigenvalue weighted by atomic mass is 19.3. The molecule has 0 spiro atoms. The largest absolute Gasteiger partial charge is 0.493 e. The highest BCUT2D eigenvalue weighted by Crippen LogP contribution is 2.51. The zero-order valence-electron chi connectivity index (χ0n) is 14.2. The maximum absolute atomic E-state index is 13.3. The van der Waals surface area contributed by atoms with Crippen LogP contribution in [0.1, 0.15) is 47.5 Å². The molecule has 0 aliphatic heterocycles. The van der Waals surface area contributed by atoms with Crippen LogP contribution in [-0.2, 0) is 0 Å². The maximum atomic E-state index is 13.3. The summed E-state index contributed by atoms with van der Waals surface area (Å²) in [5, 5.41) is 0. The zero-order valence-corrected chi connectivity index (χ0v) is 14.2. The van der Waals surface area contributed by atoms with E-state index in [-0.39, 0.29) is 25.3 Å². The molecule has 2 aliphatic carbocycles. The molecule has 0 bridgehead atoms. The zero-order chi connectivity index (χ0) is 18.3. The highest BCUT2D eigenvalue weighted by molar-refractivity contribution is 5.83. The number of hydrogen-bond acceptors (Lipinski definition) is 2. The molecule has 0 amide bonds. The fourth-order valence-corrected chi connectivity index (χ4v) is 3.38. The van der Waals surface area contributed by atoms with E-state index in [9.17, 15) is 18.0 Å². The fourth-order valence-electron chi connectivity index (χ4n) is 3.38. The molecule has 5 heteroatoms. The minimum Gasteiger partial charge on any atom is -0.493 e. The van der Waals surface area contributed by atoms with E-state index in [1.165, 1.54) is 12.1 Å². The lowest BCUT2D eigenvalue weighted by molar-refractivity contribution is 0.0930. The van der Waals surface area contributed by atoms with Crippen molar-refractivity contribution in [1.29, 1.82) is 0 Å². The van der Waals surface area contributed by atoms with Crippen molar-refractivity contribution in [3.63, 3.8) is 0 Å². The molecular formula is C21H19F3O2. The van der Waals surface area contributed by atoms with Gasteiger partial charge in [-0.25, -0.2) is 13.2 Å². The van der Waals surface area contributed by atoms with Crippen LogP contribution in [0.4, 0.5) is 13.2 Å². The quantitative estimate of drug-likeness (QED) is 0.600. The van der Waals surface area contributed by atoms with Crippen LogP contribution in [0.25, 0.3) is 11.1 Å². The first-order valence-electron chi connectivity index (χ1n) is 8.87. The van der Waals surface area contributed by atoms with E-state index in [0.29, 0.717) is 17.2 Å². The van der Waals surface area contributed by atoms with E-state index in [4.69, 9.17) is 4.74 Å². The van der Waals surface area contributed by atoms with Gasteiger partial charge in [-0.3, -0.25) is 4.79 Å². The first-order valence-corrected chi connectivity index (χ1v) is 8.87. The average molecular weight is 360 g/mol. The summed E-state index contributed by atoms with van der Waals surface area (Å²) in [6, 6.07) is 9.62. The molecule has 2 saturated carbocycles. The van der Waals surface area contributed by atoms with Gasteiger partial charge in [0.2, 0.25) is 0 Å². The molecule has 2 aliphatic rings. The van der Waals surface area contributed by atoms with Crippen LogP contribution in [0, 0.1) is 11.7 Å². The van der Waals surface area contributed by atoms with Gasteiger partial charge in [-0.05, 0) is 60.6 Å². The number of carbonyl (C=O) groups excluding carboxylic acids is 1. The molecule has 26 heavy (non-hydrogen) atoms. The Kier molecular flexibility index (Phi) is 4.25. The number of halogens is 3. The van der Waals surface area contributed by atoms with Crippen molar-refractivity contribution in [1.82, 2.24) is 0 Å². The van der Waals surface area contributed by atoms with Gasteiger partial charge in [-0.2, -0.15) is 0 Å². The summed E-state index contributed by atoms with van der Waals surface area (Å²) in [6.07, 6.45) is 3.03. The van der Waals surface area contributed by atoms with E-state index < -0.39 is 11.8 Å². The fraction of sp³-hybridized carbons (Fsp3) is 0.381. The third-order valence-corrected chi connectivity index (χ3v) is 5.12. The van der Waals surface area contributed by atoms with Crippen LogP contribution in [0.3, 0.4) is 0 Å². The van der Waals surface area contributed by atoms with Crippen molar-refractivity contribution in [2.75, 3.05) is 6.61 Å². The maximum Gasteiger partial charge on any atom is 0.251 e. The number of rotatable bonds is 7. The van der Waals surface area contributed by atoms with E-state index >= 15 is 0 Å². The van der Waals surface area contributed by atoms with Crippen molar-refractivity contribution in [2.24, 2.45) is 5.92 Å². The standard InChI is InChI=1S/C21H19F3O2/c22-17-5-3-15(4-6-17)20-18(14-1-2-14)9-13(12-25)10-19(20)26-8-7-16-11-21(16,23)24/h3-6,9-10,12,14,16H,1-2,7-8,11H2. The molecule has 0 saturated heterocycles. The second-order valence-corrected chi connectivity index (χ2v) is 7.18. The minimum absolute atomic E-state index is 0.0805. The van der Waals surface area contributed by atoms with Crippen molar-refractivity contribution >= 4 is 6.29 Å². The molecule has 1 atom stereocenters. The van der Waals surface area contributed by atoms with Crippen LogP contribution in [0.5, 0.6) is 5.75 Å². The van der Waals surface area contributed by atoms with E-state index in [1.54, 1.807) is 18.2 Å². The predicted octanol–water partition coefficient (Wildman–Crippen LogP) is 5.61. The number of hydrogen-bond donors (Lipinski definition) is 0. The molecule has 0 radical (unpaired) electrons. The number of benzene rings is 2. The summed E-state index contributed by atoms with van der Waals surface area (Å²) < 4.78 is 45.3. The SMILES string of the molecule is O=Cc1cc(OCCC2CC2(F)F)c(-c2ccc(F)cc2)c(C2CC2)c1. The lowest BCUT2D eigenvalue weighted by Crippen LogP contribution is -2.05. The molecule has 2 aromatic rings. The third-order valence-electron chi connectivity index (χ3n) is 5.12. The molecular weight excluding hydrogens is 341 g/mol. The van der Waals surface area contributed by atoms with Crippen LogP contribution in [0.2, 0.25) is 0 Å². The monoisotopic (exact) mass is 360 g/mol. The van der Waals surface area contributed by atoms with Gasteiger partial charge in [0, 0.05) is 23.5 Å². The molecule has 136 valence electrons. The lowest BCUT2D eigenvalue weighted by atomic mass is 9.93. The first-order chi connectivity index (χ1) is 12.5. The molecule has 2 nitrogen and oxygen atoms in total. The molecule has 4 rings (SSSR count). The minimum atomic E-state index is -2.56. The summed E-state index contributed by atoms with van der Waals surface area (Å²) in [6.45, 7) is 0.168. The molecule has 1 unspecified atom stereocenters. The molecule has 2 aromatic carbocycles. The van der Waals surface area contributed by atoms with E-state index in [0.717, 1.165) is 35.8 Å². The highest BCUT2D eigenvalue weighted by Gasteiger charge is 2.56. The third kappa shape index (κ3) is 3.48. The summed E-state index contributed by atoms with van der Waals surface area (Å²) in [5.74, 6) is -2.65. The summed E-state index contributed by atoms with van der Waals surface area (Å²) in [5.41, 5.74) is 3.15. The van der Waals surface area contributed by atoms with Gasteiger partial charge in [0.25, 0.3) is 5.92 Å². The molecule has 0 N–H and O–H groups in total. The predicted molar refractivity (Wildman–Crippen MR) is 92.4 cm³/mol. The van der Waals surface area contributed by atoms with Gasteiger partial charge < -0.3 is 4.74 Å². The lowest BCUT2D eigenvalue weighted by Gasteiger charge is -2.17. The van der Waals surface area contributed by atoms with E-state index in [2.05, 4.69) is 0 Å². The number of ether oxygens (including phenoxy) is 1. The summed E-state index contributed by atoms with van der Waals surface area (Å²) in [4.78, 5) is 11.3. The van der Waals surface area contributed by atoms with Gasteiger partial charge in [0.05, 0.1) is 6.61 Å². The summed E-state index contributed by atoms with van der Waals surface area (Å²) in [7, 11) is 0. The Hall–Kier alpha value is -2.30. The van der Waals surface area contributed by atoms with Crippen molar-refractivity contribution in [3.8, 4) is 16.9 Å². The molecule has 0 aromatic heterocycles. The Morgan fingerprint density at radius 2 is 1.85 bits per heavy atom. The van der Waals surface area contributed by atoms with Gasteiger partial charge >= 0.3 is 0 Å². The Morgan fingerprint density at radius 1 is 1.15 bits per heavy atom. The van der Waals surface area contributed by atoms with Crippen molar-refractivity contribution in [2.45, 2.75) is 37.5 Å². The Labute approximate surface area is 150 Å². The van der Waals surface area contributed by atoms with E-state index in [1.807, 2.05) is 6.07 Å². The van der Waals surface area contributed by atoms with Gasteiger partial charge in [0.1, 0.15) is 17.9 Å². The Balaban J connectivity index is 1.66. The van der Waals surface area contributed by atoms with Gasteiger partial charge in [-0.1, -0.05) is 12.1 Å².